The lowest BCUT2D eigenvalue weighted by Crippen LogP contribution is -2.03. The minimum Gasteiger partial charge on any atom is -0.456 e. The van der Waals surface area contributed by atoms with Gasteiger partial charge in [0.25, 0.3) is 0 Å². The molecule has 0 saturated heterocycles. The normalized spacial score (nSPS) is 11.9. The van der Waals surface area contributed by atoms with Gasteiger partial charge in [-0.15, -0.1) is 5.10 Å². The Morgan fingerprint density at radius 2 is 0.982 bits per heavy atom. The zero-order valence-electron chi connectivity index (χ0n) is 30.0. The highest BCUT2D eigenvalue weighted by Gasteiger charge is 2.23. The van der Waals surface area contributed by atoms with Crippen LogP contribution in [0, 0.1) is 0 Å². The number of nitrogens with zero attached hydrogens (tertiary/aromatic N) is 5. The molecular formula is C50H31N5O. The maximum atomic E-state index is 6.38. The van der Waals surface area contributed by atoms with Crippen molar-refractivity contribution in [2.45, 2.75) is 0 Å². The van der Waals surface area contributed by atoms with Gasteiger partial charge in [-0.25, -0.2) is 4.68 Å². The summed E-state index contributed by atoms with van der Waals surface area (Å²) in [5.41, 5.74) is 13.3. The highest BCUT2D eigenvalue weighted by atomic mass is 16.3. The van der Waals surface area contributed by atoms with Gasteiger partial charge in [0.05, 0.1) is 39.1 Å². The number of hydrogen-bond donors (Lipinski definition) is 0. The standard InChI is InChI=1S/C50H31N5O/c1-3-15-32(16-4-1)49-50(55(52-51-49)34-17-5-2-6-18-34)33-27-28-41-38(31-33)35-19-7-10-22-39(35)53(41)42-24-12-13-25-43(42)54-40-23-11-8-20-36(40)47-44(54)29-30-46-48(47)37-21-9-14-26-45(37)56-46/h1-31H. The van der Waals surface area contributed by atoms with Crippen molar-refractivity contribution in [3.63, 3.8) is 0 Å². The van der Waals surface area contributed by atoms with Crippen molar-refractivity contribution in [1.29, 1.82) is 0 Å². The first kappa shape index (κ1) is 30.7. The number of fused-ring (bicyclic) bond motifs is 10. The van der Waals surface area contributed by atoms with Crippen LogP contribution in [0.15, 0.2) is 192 Å². The van der Waals surface area contributed by atoms with Crippen LogP contribution in [0.25, 0.3) is 105 Å². The van der Waals surface area contributed by atoms with E-state index >= 15 is 0 Å². The second kappa shape index (κ2) is 11.9. The van der Waals surface area contributed by atoms with Crippen molar-refractivity contribution >= 4 is 65.6 Å². The van der Waals surface area contributed by atoms with Gasteiger partial charge >= 0.3 is 0 Å². The first-order valence-corrected chi connectivity index (χ1v) is 18.9. The molecule has 0 bridgehead atoms. The van der Waals surface area contributed by atoms with E-state index in [9.17, 15) is 0 Å². The molecule has 6 heteroatoms. The lowest BCUT2D eigenvalue weighted by atomic mass is 10.0. The summed E-state index contributed by atoms with van der Waals surface area (Å²) in [5.74, 6) is 0. The number of benzene rings is 8. The average Bonchev–Trinajstić information content (AvgIpc) is 4.03. The van der Waals surface area contributed by atoms with Gasteiger partial charge in [-0.1, -0.05) is 127 Å². The van der Waals surface area contributed by atoms with E-state index in [-0.39, 0.29) is 0 Å². The first-order chi connectivity index (χ1) is 27.8. The lowest BCUT2D eigenvalue weighted by molar-refractivity contribution is 0.669. The Morgan fingerprint density at radius 1 is 0.393 bits per heavy atom. The van der Waals surface area contributed by atoms with E-state index in [4.69, 9.17) is 14.7 Å². The van der Waals surface area contributed by atoms with Crippen molar-refractivity contribution in [1.82, 2.24) is 24.1 Å². The van der Waals surface area contributed by atoms with Gasteiger partial charge in [0.1, 0.15) is 22.6 Å². The topological polar surface area (TPSA) is 53.7 Å². The highest BCUT2D eigenvalue weighted by molar-refractivity contribution is 6.27. The minimum atomic E-state index is 0.841. The molecule has 8 aromatic carbocycles. The zero-order chi connectivity index (χ0) is 36.7. The summed E-state index contributed by atoms with van der Waals surface area (Å²) in [6.45, 7) is 0. The molecule has 0 aliphatic rings. The first-order valence-electron chi connectivity index (χ1n) is 18.9. The molecule has 0 unspecified atom stereocenters. The molecule has 4 heterocycles. The van der Waals surface area contributed by atoms with Gasteiger partial charge in [-0.2, -0.15) is 0 Å². The van der Waals surface area contributed by atoms with Crippen LogP contribution in [0.3, 0.4) is 0 Å². The molecule has 12 rings (SSSR count). The largest absolute Gasteiger partial charge is 0.456 e. The summed E-state index contributed by atoms with van der Waals surface area (Å²) in [6.07, 6.45) is 0. The van der Waals surface area contributed by atoms with Gasteiger partial charge in [-0.3, -0.25) is 0 Å². The summed E-state index contributed by atoms with van der Waals surface area (Å²) in [6, 6.07) is 66.2. The van der Waals surface area contributed by atoms with Crippen LogP contribution >= 0.6 is 0 Å². The SMILES string of the molecule is c1ccc(-c2nnn(-c3ccccc3)c2-c2ccc3c(c2)c2ccccc2n3-c2ccccc2-n2c3ccccc3c3c4c(ccc32)oc2ccccc24)cc1. The van der Waals surface area contributed by atoms with Gasteiger partial charge in [-0.05, 0) is 66.7 Å². The molecule has 0 spiro atoms. The molecule has 6 nitrogen and oxygen atoms in total. The lowest BCUT2D eigenvalue weighted by Gasteiger charge is -2.16. The third-order valence-electron chi connectivity index (χ3n) is 11.2. The van der Waals surface area contributed by atoms with Crippen molar-refractivity contribution in [3.05, 3.63) is 188 Å². The number of hydrogen-bond acceptors (Lipinski definition) is 3. The molecule has 56 heavy (non-hydrogen) atoms. The predicted octanol–water partition coefficient (Wildman–Crippen LogP) is 12.7. The minimum absolute atomic E-state index is 0.841. The summed E-state index contributed by atoms with van der Waals surface area (Å²) in [5, 5.41) is 16.5. The molecule has 4 aromatic heterocycles. The summed E-state index contributed by atoms with van der Waals surface area (Å²) < 4.78 is 13.2. The Hall–Kier alpha value is -7.70. The molecule has 0 radical (unpaired) electrons. The third kappa shape index (κ3) is 4.38. The van der Waals surface area contributed by atoms with Crippen molar-refractivity contribution in [2.75, 3.05) is 0 Å². The Morgan fingerprint density at radius 3 is 1.77 bits per heavy atom. The second-order valence-corrected chi connectivity index (χ2v) is 14.3. The maximum absolute atomic E-state index is 6.38. The fourth-order valence-electron chi connectivity index (χ4n) is 8.84. The zero-order valence-corrected chi connectivity index (χ0v) is 30.0. The van der Waals surface area contributed by atoms with Gasteiger partial charge < -0.3 is 13.6 Å². The van der Waals surface area contributed by atoms with Crippen molar-refractivity contribution in [3.8, 4) is 39.6 Å². The molecule has 0 aliphatic carbocycles. The van der Waals surface area contributed by atoms with Crippen LogP contribution in [0.5, 0.6) is 0 Å². The molecule has 12 aromatic rings. The van der Waals surface area contributed by atoms with Crippen molar-refractivity contribution in [2.24, 2.45) is 0 Å². The Labute approximate surface area is 320 Å². The van der Waals surface area contributed by atoms with E-state index in [1.807, 2.05) is 47.1 Å². The smallest absolute Gasteiger partial charge is 0.136 e. The van der Waals surface area contributed by atoms with Crippen LogP contribution in [-0.4, -0.2) is 24.1 Å². The average molecular weight is 718 g/mol. The molecular weight excluding hydrogens is 687 g/mol. The molecule has 0 atom stereocenters. The fraction of sp³-hybridized carbons (Fsp3) is 0. The molecule has 0 amide bonds. The van der Waals surface area contributed by atoms with Crippen LogP contribution in [0.4, 0.5) is 0 Å². The third-order valence-corrected chi connectivity index (χ3v) is 11.2. The predicted molar refractivity (Wildman–Crippen MR) is 228 cm³/mol. The molecule has 0 saturated carbocycles. The summed E-state index contributed by atoms with van der Waals surface area (Å²) in [7, 11) is 0. The van der Waals surface area contributed by atoms with Crippen LogP contribution in [0.1, 0.15) is 0 Å². The van der Waals surface area contributed by atoms with Crippen LogP contribution in [0.2, 0.25) is 0 Å². The number of aromatic nitrogens is 5. The van der Waals surface area contributed by atoms with Gasteiger partial charge in [0, 0.05) is 43.4 Å². The summed E-state index contributed by atoms with van der Waals surface area (Å²) in [4.78, 5) is 0. The van der Waals surface area contributed by atoms with Crippen LogP contribution in [-0.2, 0) is 0 Å². The van der Waals surface area contributed by atoms with E-state index in [1.54, 1.807) is 0 Å². The highest BCUT2D eigenvalue weighted by Crippen LogP contribution is 2.43. The number of rotatable bonds is 5. The van der Waals surface area contributed by atoms with Crippen LogP contribution < -0.4 is 0 Å². The molecule has 0 aliphatic heterocycles. The van der Waals surface area contributed by atoms with Crippen molar-refractivity contribution < 1.29 is 4.42 Å². The molecule has 0 fully saturated rings. The fourth-order valence-corrected chi connectivity index (χ4v) is 8.84. The van der Waals surface area contributed by atoms with E-state index in [2.05, 4.69) is 155 Å². The van der Waals surface area contributed by atoms with Gasteiger partial charge in [0.15, 0.2) is 0 Å². The maximum Gasteiger partial charge on any atom is 0.136 e. The van der Waals surface area contributed by atoms with E-state index in [0.717, 1.165) is 89.0 Å². The Bertz CT molecular complexity index is 3420. The quantitative estimate of drug-likeness (QED) is 0.178. The molecule has 0 N–H and O–H groups in total. The number of para-hydroxylation sites is 6. The van der Waals surface area contributed by atoms with E-state index in [1.165, 1.54) is 16.2 Å². The van der Waals surface area contributed by atoms with E-state index in [0.29, 0.717) is 0 Å². The monoisotopic (exact) mass is 717 g/mol. The Balaban J connectivity index is 1.12. The summed E-state index contributed by atoms with van der Waals surface area (Å²) >= 11 is 0. The second-order valence-electron chi connectivity index (χ2n) is 14.3. The molecule has 262 valence electrons. The van der Waals surface area contributed by atoms with E-state index < -0.39 is 0 Å². The van der Waals surface area contributed by atoms with Gasteiger partial charge in [0.2, 0.25) is 0 Å². The number of furan rings is 1. The Kier molecular flexibility index (Phi) is 6.53.